The van der Waals surface area contributed by atoms with E-state index in [4.69, 9.17) is 31.5 Å². The Kier molecular flexibility index (Phi) is 2.88. The van der Waals surface area contributed by atoms with Gasteiger partial charge in [-0.3, -0.25) is 0 Å². The van der Waals surface area contributed by atoms with Crippen molar-refractivity contribution in [2.75, 3.05) is 20.3 Å². The van der Waals surface area contributed by atoms with Crippen molar-refractivity contribution in [2.45, 2.75) is 6.54 Å². The maximum atomic E-state index is 6.13. The van der Waals surface area contributed by atoms with Crippen LogP contribution in [-0.2, 0) is 6.54 Å². The van der Waals surface area contributed by atoms with E-state index in [1.165, 1.54) is 0 Å². The Bertz CT molecular complexity index is 367. The third-order valence-electron chi connectivity index (χ3n) is 2.23. The number of hydrogen-bond acceptors (Lipinski definition) is 4. The van der Waals surface area contributed by atoms with Gasteiger partial charge in [0.1, 0.15) is 24.0 Å². The van der Waals surface area contributed by atoms with Crippen molar-refractivity contribution in [1.82, 2.24) is 0 Å². The van der Waals surface area contributed by atoms with Crippen LogP contribution in [0.15, 0.2) is 6.07 Å². The molecule has 0 unspecified atom stereocenters. The average molecular weight is 230 g/mol. The van der Waals surface area contributed by atoms with E-state index in [1.807, 2.05) is 0 Å². The van der Waals surface area contributed by atoms with Crippen LogP contribution in [0.25, 0.3) is 0 Å². The molecule has 1 aliphatic rings. The lowest BCUT2D eigenvalue weighted by molar-refractivity contribution is 0.170. The summed E-state index contributed by atoms with van der Waals surface area (Å²) in [7, 11) is 1.55. The summed E-state index contributed by atoms with van der Waals surface area (Å²) >= 11 is 6.13. The molecule has 1 aliphatic heterocycles. The molecule has 1 aromatic carbocycles. The Hall–Kier alpha value is -1.13. The Labute approximate surface area is 92.9 Å². The standard InChI is InChI=1S/C10H12ClNO3/c1-13-9-6(5-12)4-7-10(8(9)11)15-3-2-14-7/h4H,2-3,5,12H2,1H3. The maximum Gasteiger partial charge on any atom is 0.183 e. The van der Waals surface area contributed by atoms with Gasteiger partial charge < -0.3 is 19.9 Å². The number of nitrogens with two attached hydrogens (primary N) is 1. The van der Waals surface area contributed by atoms with E-state index in [0.717, 1.165) is 5.56 Å². The number of rotatable bonds is 2. The summed E-state index contributed by atoms with van der Waals surface area (Å²) in [5, 5.41) is 0.426. The van der Waals surface area contributed by atoms with E-state index in [9.17, 15) is 0 Å². The fourth-order valence-electron chi connectivity index (χ4n) is 1.55. The van der Waals surface area contributed by atoms with Gasteiger partial charge in [0.25, 0.3) is 0 Å². The molecule has 5 heteroatoms. The van der Waals surface area contributed by atoms with Crippen molar-refractivity contribution in [3.8, 4) is 17.2 Å². The zero-order chi connectivity index (χ0) is 10.8. The van der Waals surface area contributed by atoms with E-state index < -0.39 is 0 Å². The Morgan fingerprint density at radius 2 is 2.20 bits per heavy atom. The van der Waals surface area contributed by atoms with E-state index in [0.29, 0.717) is 42.0 Å². The summed E-state index contributed by atoms with van der Waals surface area (Å²) in [6.45, 7) is 1.37. The van der Waals surface area contributed by atoms with Crippen molar-refractivity contribution in [3.05, 3.63) is 16.7 Å². The van der Waals surface area contributed by atoms with Gasteiger partial charge in [-0.05, 0) is 6.07 Å². The molecule has 2 rings (SSSR count). The maximum absolute atomic E-state index is 6.13. The van der Waals surface area contributed by atoms with Crippen LogP contribution in [0.1, 0.15) is 5.56 Å². The van der Waals surface area contributed by atoms with E-state index in [1.54, 1.807) is 13.2 Å². The molecule has 0 fully saturated rings. The summed E-state index contributed by atoms with van der Waals surface area (Å²) in [4.78, 5) is 0. The molecule has 1 heterocycles. The zero-order valence-corrected chi connectivity index (χ0v) is 9.13. The number of halogens is 1. The van der Waals surface area contributed by atoms with Gasteiger partial charge >= 0.3 is 0 Å². The van der Waals surface area contributed by atoms with Crippen LogP contribution in [0, 0.1) is 0 Å². The molecule has 2 N–H and O–H groups in total. The first-order valence-electron chi connectivity index (χ1n) is 4.63. The molecule has 0 saturated heterocycles. The fourth-order valence-corrected chi connectivity index (χ4v) is 1.90. The first-order valence-corrected chi connectivity index (χ1v) is 5.00. The molecule has 0 saturated carbocycles. The highest BCUT2D eigenvalue weighted by atomic mass is 35.5. The molecule has 15 heavy (non-hydrogen) atoms. The van der Waals surface area contributed by atoms with Crippen LogP contribution in [0.4, 0.5) is 0 Å². The lowest BCUT2D eigenvalue weighted by Gasteiger charge is -2.22. The number of hydrogen-bond donors (Lipinski definition) is 1. The third-order valence-corrected chi connectivity index (χ3v) is 2.57. The highest BCUT2D eigenvalue weighted by Gasteiger charge is 2.21. The van der Waals surface area contributed by atoms with Gasteiger partial charge in [0.15, 0.2) is 11.5 Å². The van der Waals surface area contributed by atoms with Crippen LogP contribution >= 0.6 is 11.6 Å². The van der Waals surface area contributed by atoms with Crippen LogP contribution in [0.2, 0.25) is 5.02 Å². The highest BCUT2D eigenvalue weighted by Crippen LogP contribution is 2.45. The van der Waals surface area contributed by atoms with Gasteiger partial charge in [-0.15, -0.1) is 0 Å². The fraction of sp³-hybridized carbons (Fsp3) is 0.400. The largest absolute Gasteiger partial charge is 0.495 e. The SMILES string of the molecule is COc1c(CN)cc2c(c1Cl)OCCO2. The summed E-state index contributed by atoms with van der Waals surface area (Å²) in [5.74, 6) is 1.73. The van der Waals surface area contributed by atoms with E-state index in [-0.39, 0.29) is 0 Å². The van der Waals surface area contributed by atoms with Gasteiger partial charge in [-0.25, -0.2) is 0 Å². The molecule has 0 bridgehead atoms. The lowest BCUT2D eigenvalue weighted by Crippen LogP contribution is -2.16. The number of fused-ring (bicyclic) bond motifs is 1. The van der Waals surface area contributed by atoms with Gasteiger partial charge in [-0.2, -0.15) is 0 Å². The Balaban J connectivity index is 2.57. The van der Waals surface area contributed by atoms with Crippen molar-refractivity contribution in [3.63, 3.8) is 0 Å². The number of benzene rings is 1. The summed E-state index contributed by atoms with van der Waals surface area (Å²) < 4.78 is 16.0. The predicted octanol–water partition coefficient (Wildman–Crippen LogP) is 1.58. The zero-order valence-electron chi connectivity index (χ0n) is 8.38. The predicted molar refractivity (Wildman–Crippen MR) is 56.9 cm³/mol. The molecule has 82 valence electrons. The normalized spacial score (nSPS) is 13.8. The summed E-state index contributed by atoms with van der Waals surface area (Å²) in [5.41, 5.74) is 6.41. The van der Waals surface area contributed by atoms with Gasteiger partial charge in [0.05, 0.1) is 7.11 Å². The van der Waals surface area contributed by atoms with Gasteiger partial charge in [0, 0.05) is 12.1 Å². The van der Waals surface area contributed by atoms with Crippen molar-refractivity contribution in [2.24, 2.45) is 5.73 Å². The van der Waals surface area contributed by atoms with Crippen LogP contribution < -0.4 is 19.9 Å². The summed E-state index contributed by atoms with van der Waals surface area (Å²) in [6, 6.07) is 1.80. The first-order chi connectivity index (χ1) is 7.27. The minimum absolute atomic E-state index is 0.347. The Morgan fingerprint density at radius 3 is 2.87 bits per heavy atom. The second kappa shape index (κ2) is 4.16. The first kappa shape index (κ1) is 10.4. The number of ether oxygens (including phenoxy) is 3. The monoisotopic (exact) mass is 229 g/mol. The second-order valence-corrected chi connectivity index (χ2v) is 3.49. The van der Waals surface area contributed by atoms with Crippen molar-refractivity contribution < 1.29 is 14.2 Å². The highest BCUT2D eigenvalue weighted by molar-refractivity contribution is 6.34. The average Bonchev–Trinajstić information content (AvgIpc) is 2.29. The molecule has 0 amide bonds. The van der Waals surface area contributed by atoms with Gasteiger partial charge in [-0.1, -0.05) is 11.6 Å². The van der Waals surface area contributed by atoms with Gasteiger partial charge in [0.2, 0.25) is 0 Å². The topological polar surface area (TPSA) is 53.7 Å². The number of methoxy groups -OCH3 is 1. The quantitative estimate of drug-likeness (QED) is 0.837. The second-order valence-electron chi connectivity index (χ2n) is 3.11. The molecule has 0 radical (unpaired) electrons. The molecular formula is C10H12ClNO3. The van der Waals surface area contributed by atoms with Crippen LogP contribution in [0.5, 0.6) is 17.2 Å². The summed E-state index contributed by atoms with van der Waals surface area (Å²) in [6.07, 6.45) is 0. The Morgan fingerprint density at radius 1 is 1.47 bits per heavy atom. The van der Waals surface area contributed by atoms with Crippen LogP contribution in [-0.4, -0.2) is 20.3 Å². The third kappa shape index (κ3) is 1.70. The van der Waals surface area contributed by atoms with Crippen LogP contribution in [0.3, 0.4) is 0 Å². The molecular weight excluding hydrogens is 218 g/mol. The molecule has 4 nitrogen and oxygen atoms in total. The molecule has 1 aromatic rings. The van der Waals surface area contributed by atoms with E-state index in [2.05, 4.69) is 0 Å². The van der Waals surface area contributed by atoms with Crippen molar-refractivity contribution >= 4 is 11.6 Å². The lowest BCUT2D eigenvalue weighted by atomic mass is 10.1. The smallest absolute Gasteiger partial charge is 0.183 e. The molecule has 0 aromatic heterocycles. The molecule has 0 spiro atoms. The molecule has 0 aliphatic carbocycles. The van der Waals surface area contributed by atoms with Crippen molar-refractivity contribution in [1.29, 1.82) is 0 Å². The van der Waals surface area contributed by atoms with E-state index >= 15 is 0 Å². The minimum atomic E-state index is 0.347. The minimum Gasteiger partial charge on any atom is -0.495 e. The molecule has 0 atom stereocenters.